The maximum absolute atomic E-state index is 10.2. The fourth-order valence-corrected chi connectivity index (χ4v) is 3.31. The molecule has 0 aliphatic carbocycles. The number of aromatic hydroxyl groups is 1. The van der Waals surface area contributed by atoms with Crippen molar-refractivity contribution in [3.63, 3.8) is 0 Å². The lowest BCUT2D eigenvalue weighted by Gasteiger charge is -2.14. The van der Waals surface area contributed by atoms with Gasteiger partial charge in [0.15, 0.2) is 0 Å². The smallest absolute Gasteiger partial charge is 0.300 e. The first kappa shape index (κ1) is 30.5. The highest BCUT2D eigenvalue weighted by Gasteiger charge is 2.10. The Labute approximate surface area is 208 Å². The average molecular weight is 492 g/mol. The summed E-state index contributed by atoms with van der Waals surface area (Å²) >= 11 is 0. The number of unbranched alkanes of at least 4 members (excludes halogenated alkanes) is 3. The summed E-state index contributed by atoms with van der Waals surface area (Å²) in [7, 11) is 0. The molecule has 2 atom stereocenters. The lowest BCUT2D eigenvalue weighted by Crippen LogP contribution is -2.22. The lowest BCUT2D eigenvalue weighted by molar-refractivity contribution is -0.134. The van der Waals surface area contributed by atoms with Gasteiger partial charge in [0.05, 0.1) is 32.0 Å². The average Bonchev–Trinajstić information content (AvgIpc) is 2.84. The molecule has 0 unspecified atom stereocenters. The van der Waals surface area contributed by atoms with E-state index in [9.17, 15) is 15.3 Å². The van der Waals surface area contributed by atoms with E-state index in [1.54, 1.807) is 12.1 Å². The molecule has 0 aromatic heterocycles. The fraction of sp³-hybridized carbons (Fsp3) is 0.519. The van der Waals surface area contributed by atoms with Crippen LogP contribution in [0.2, 0.25) is 0 Å². The summed E-state index contributed by atoms with van der Waals surface area (Å²) < 4.78 is 11.4. The molecule has 0 amide bonds. The van der Waals surface area contributed by atoms with Crippen LogP contribution in [0, 0.1) is 0 Å². The van der Waals surface area contributed by atoms with Gasteiger partial charge in [-0.3, -0.25) is 4.79 Å². The standard InChI is InChI=1S/C25H37NO5.C2H4O2/c1-20(21-9-5-4-6-10-21)31-16-15-30-14-8-3-2-7-13-26-18-25(29)22-11-12-24(28)23(17-22)19-27;1-2(3)4/h4-6,9-12,17,20,25-29H,2-3,7-8,13-16,18-19H2,1H3;1H3,(H,3,4)/t20-,25-;/m0./s1. The predicted octanol–water partition coefficient (Wildman–Crippen LogP) is 3.95. The number of ether oxygens (including phenoxy) is 2. The second-order valence-electron chi connectivity index (χ2n) is 8.24. The summed E-state index contributed by atoms with van der Waals surface area (Å²) in [4.78, 5) is 9.00. The van der Waals surface area contributed by atoms with Crippen molar-refractivity contribution in [2.75, 3.05) is 32.9 Å². The summed E-state index contributed by atoms with van der Waals surface area (Å²) in [5.41, 5.74) is 2.30. The Morgan fingerprint density at radius 1 is 0.971 bits per heavy atom. The van der Waals surface area contributed by atoms with Crippen molar-refractivity contribution in [2.24, 2.45) is 0 Å². The van der Waals surface area contributed by atoms with Crippen LogP contribution in [0.5, 0.6) is 5.75 Å². The minimum Gasteiger partial charge on any atom is -0.508 e. The van der Waals surface area contributed by atoms with Gasteiger partial charge >= 0.3 is 0 Å². The van der Waals surface area contributed by atoms with Gasteiger partial charge in [-0.05, 0) is 49.6 Å². The number of carboxylic acid groups (broad SMARTS) is 1. The molecule has 8 nitrogen and oxygen atoms in total. The van der Waals surface area contributed by atoms with Crippen molar-refractivity contribution in [1.82, 2.24) is 5.32 Å². The molecule has 0 saturated heterocycles. The Hall–Kier alpha value is -2.49. The van der Waals surface area contributed by atoms with Gasteiger partial charge in [-0.25, -0.2) is 0 Å². The van der Waals surface area contributed by atoms with Gasteiger partial charge in [-0.1, -0.05) is 49.2 Å². The Kier molecular flexibility index (Phi) is 16.4. The van der Waals surface area contributed by atoms with Crippen molar-refractivity contribution in [2.45, 2.75) is 58.3 Å². The third-order valence-corrected chi connectivity index (χ3v) is 5.25. The predicted molar refractivity (Wildman–Crippen MR) is 135 cm³/mol. The van der Waals surface area contributed by atoms with E-state index in [-0.39, 0.29) is 18.5 Å². The molecule has 0 saturated carbocycles. The van der Waals surface area contributed by atoms with Gasteiger partial charge in [0.25, 0.3) is 5.97 Å². The molecule has 0 aliphatic heterocycles. The van der Waals surface area contributed by atoms with Gasteiger partial charge in [0.1, 0.15) is 5.75 Å². The van der Waals surface area contributed by atoms with Crippen molar-refractivity contribution >= 4 is 5.97 Å². The molecule has 2 aromatic rings. The number of nitrogens with one attached hydrogen (secondary N) is 1. The zero-order chi connectivity index (χ0) is 25.9. The zero-order valence-electron chi connectivity index (χ0n) is 20.9. The van der Waals surface area contributed by atoms with Crippen molar-refractivity contribution in [1.29, 1.82) is 0 Å². The topological polar surface area (TPSA) is 128 Å². The molecule has 2 aromatic carbocycles. The van der Waals surface area contributed by atoms with E-state index in [0.29, 0.717) is 30.9 Å². The van der Waals surface area contributed by atoms with E-state index in [1.165, 1.54) is 11.6 Å². The van der Waals surface area contributed by atoms with Crippen LogP contribution < -0.4 is 5.32 Å². The molecule has 35 heavy (non-hydrogen) atoms. The van der Waals surface area contributed by atoms with Crippen LogP contribution in [0.4, 0.5) is 0 Å². The maximum Gasteiger partial charge on any atom is 0.300 e. The first-order valence-electron chi connectivity index (χ1n) is 12.1. The van der Waals surface area contributed by atoms with Gasteiger partial charge in [-0.2, -0.15) is 0 Å². The third kappa shape index (κ3) is 14.5. The number of aliphatic hydroxyl groups excluding tert-OH is 2. The second-order valence-corrected chi connectivity index (χ2v) is 8.24. The van der Waals surface area contributed by atoms with Crippen LogP contribution in [-0.2, 0) is 20.9 Å². The van der Waals surface area contributed by atoms with Crippen LogP contribution in [0.3, 0.4) is 0 Å². The molecular formula is C27H41NO7. The van der Waals surface area contributed by atoms with E-state index in [1.807, 2.05) is 18.2 Å². The Morgan fingerprint density at radius 2 is 1.66 bits per heavy atom. The molecule has 0 aliphatic rings. The molecule has 2 rings (SSSR count). The quantitative estimate of drug-likeness (QED) is 0.223. The lowest BCUT2D eigenvalue weighted by atomic mass is 10.1. The highest BCUT2D eigenvalue weighted by Crippen LogP contribution is 2.22. The largest absolute Gasteiger partial charge is 0.508 e. The van der Waals surface area contributed by atoms with Gasteiger partial charge in [0.2, 0.25) is 0 Å². The molecule has 0 radical (unpaired) electrons. The highest BCUT2D eigenvalue weighted by atomic mass is 16.5. The van der Waals surface area contributed by atoms with E-state index >= 15 is 0 Å². The summed E-state index contributed by atoms with van der Waals surface area (Å²) in [6.07, 6.45) is 3.73. The number of benzene rings is 2. The normalized spacial score (nSPS) is 12.5. The van der Waals surface area contributed by atoms with E-state index in [4.69, 9.17) is 19.4 Å². The van der Waals surface area contributed by atoms with Gasteiger partial charge < -0.3 is 35.2 Å². The maximum atomic E-state index is 10.2. The van der Waals surface area contributed by atoms with E-state index in [2.05, 4.69) is 24.4 Å². The van der Waals surface area contributed by atoms with Gasteiger partial charge in [-0.15, -0.1) is 0 Å². The van der Waals surface area contributed by atoms with Crippen molar-refractivity contribution in [3.05, 3.63) is 65.2 Å². The summed E-state index contributed by atoms with van der Waals surface area (Å²) in [5, 5.41) is 39.7. The van der Waals surface area contributed by atoms with Gasteiger partial charge in [0, 0.05) is 25.6 Å². The summed E-state index contributed by atoms with van der Waals surface area (Å²) in [5.74, 6) is -0.787. The molecule has 8 heteroatoms. The first-order chi connectivity index (χ1) is 16.8. The number of aliphatic hydroxyl groups is 2. The molecule has 196 valence electrons. The number of carbonyl (C=O) groups is 1. The van der Waals surface area contributed by atoms with Crippen molar-refractivity contribution in [3.8, 4) is 5.75 Å². The van der Waals surface area contributed by atoms with Crippen LogP contribution >= 0.6 is 0 Å². The minimum absolute atomic E-state index is 0.0460. The van der Waals surface area contributed by atoms with Crippen LogP contribution in [0.15, 0.2) is 48.5 Å². The van der Waals surface area contributed by atoms with Crippen LogP contribution in [0.25, 0.3) is 0 Å². The number of rotatable bonds is 16. The Morgan fingerprint density at radius 3 is 2.34 bits per heavy atom. The number of hydrogen-bond acceptors (Lipinski definition) is 7. The minimum atomic E-state index is -0.833. The molecule has 0 bridgehead atoms. The molecule has 0 heterocycles. The Balaban J connectivity index is 0.00000142. The van der Waals surface area contributed by atoms with Crippen LogP contribution in [0.1, 0.15) is 68.4 Å². The fourth-order valence-electron chi connectivity index (χ4n) is 3.31. The number of aliphatic carboxylic acids is 1. The number of carboxylic acids is 1. The molecular weight excluding hydrogens is 450 g/mol. The van der Waals surface area contributed by atoms with E-state index in [0.717, 1.165) is 45.8 Å². The first-order valence-corrected chi connectivity index (χ1v) is 12.1. The highest BCUT2D eigenvalue weighted by molar-refractivity contribution is 5.62. The molecule has 0 spiro atoms. The summed E-state index contributed by atoms with van der Waals surface area (Å²) in [6, 6.07) is 15.0. The number of hydrogen-bond donors (Lipinski definition) is 5. The molecule has 0 fully saturated rings. The SMILES string of the molecule is CC(=O)O.C[C@H](OCCOCCCCCCNC[C@H](O)c1ccc(O)c(CO)c1)c1ccccc1. The van der Waals surface area contributed by atoms with E-state index < -0.39 is 12.1 Å². The summed E-state index contributed by atoms with van der Waals surface area (Å²) in [6.45, 7) is 6.15. The molecule has 5 N–H and O–H groups in total. The third-order valence-electron chi connectivity index (χ3n) is 5.25. The monoisotopic (exact) mass is 491 g/mol. The van der Waals surface area contributed by atoms with Crippen LogP contribution in [-0.4, -0.2) is 59.3 Å². The second kappa shape index (κ2) is 18.8. The number of phenols is 1. The van der Waals surface area contributed by atoms with Crippen molar-refractivity contribution < 1.29 is 34.7 Å². The Bertz CT molecular complexity index is 812. The zero-order valence-corrected chi connectivity index (χ0v) is 20.9.